The minimum Gasteiger partial charge on any atom is -0.463 e. The van der Waals surface area contributed by atoms with E-state index in [1.54, 1.807) is 24.3 Å². The van der Waals surface area contributed by atoms with Crippen molar-refractivity contribution in [2.75, 3.05) is 11.6 Å². The van der Waals surface area contributed by atoms with Crippen LogP contribution in [0.3, 0.4) is 0 Å². The van der Waals surface area contributed by atoms with Crippen molar-refractivity contribution < 1.29 is 4.42 Å². The van der Waals surface area contributed by atoms with Gasteiger partial charge in [-0.25, -0.2) is 4.98 Å². The Balaban J connectivity index is 1.73. The molecule has 2 heterocycles. The third kappa shape index (κ3) is 3.31. The molecule has 0 aliphatic carbocycles. The van der Waals surface area contributed by atoms with Crippen molar-refractivity contribution in [3.8, 4) is 5.69 Å². The lowest BCUT2D eigenvalue weighted by molar-refractivity contribution is 0.487. The second kappa shape index (κ2) is 6.54. The number of benzene rings is 1. The van der Waals surface area contributed by atoms with E-state index < -0.39 is 0 Å². The summed E-state index contributed by atoms with van der Waals surface area (Å²) in [6.07, 6.45) is 7.58. The number of furan rings is 1. The Kier molecular flexibility index (Phi) is 4.31. The van der Waals surface area contributed by atoms with Gasteiger partial charge in [-0.15, -0.1) is 0 Å². The Morgan fingerprint density at radius 3 is 2.86 bits per heavy atom. The summed E-state index contributed by atoms with van der Waals surface area (Å²) in [7, 11) is 0. The summed E-state index contributed by atoms with van der Waals surface area (Å²) in [6.45, 7) is 0.667. The number of rotatable bonds is 6. The average molecular weight is 299 g/mol. The van der Waals surface area contributed by atoms with Gasteiger partial charge in [-0.3, -0.25) is 0 Å². The van der Waals surface area contributed by atoms with Gasteiger partial charge < -0.3 is 14.3 Å². The van der Waals surface area contributed by atoms with Crippen molar-refractivity contribution in [2.45, 2.75) is 12.3 Å². The van der Waals surface area contributed by atoms with Crippen LogP contribution in [-0.4, -0.2) is 15.8 Å². The maximum absolute atomic E-state index is 5.77. The number of aromatic nitrogens is 2. The fourth-order valence-corrected chi connectivity index (χ4v) is 2.61. The first kappa shape index (κ1) is 13.8. The second-order valence-electron chi connectivity index (χ2n) is 4.64. The molecular weight excluding hydrogens is 282 g/mol. The van der Waals surface area contributed by atoms with Gasteiger partial charge in [0.05, 0.1) is 30.0 Å². The molecule has 108 valence electrons. The molecule has 4 nitrogen and oxygen atoms in total. The number of hydrogen-bond acceptors (Lipinski definition) is 4. The van der Waals surface area contributed by atoms with E-state index in [9.17, 15) is 0 Å². The lowest BCUT2D eigenvalue weighted by atomic mass is 10.2. The summed E-state index contributed by atoms with van der Waals surface area (Å²) < 4.78 is 7.76. The quantitative estimate of drug-likeness (QED) is 0.748. The van der Waals surface area contributed by atoms with Crippen molar-refractivity contribution in [3.05, 3.63) is 66.6 Å². The molecule has 0 atom stereocenters. The highest BCUT2D eigenvalue weighted by Crippen LogP contribution is 2.21. The molecule has 0 saturated heterocycles. The largest absolute Gasteiger partial charge is 0.463 e. The first-order valence-corrected chi connectivity index (χ1v) is 8.14. The lowest BCUT2D eigenvalue weighted by Gasteiger charge is -2.11. The second-order valence-corrected chi connectivity index (χ2v) is 5.51. The van der Waals surface area contributed by atoms with Gasteiger partial charge in [0.1, 0.15) is 11.5 Å². The number of imidazole rings is 1. The smallest absolute Gasteiger partial charge is 0.123 e. The molecule has 0 bridgehead atoms. The molecule has 0 aliphatic rings. The molecule has 1 aromatic carbocycles. The number of nitrogens with zero attached hydrogens (tertiary/aromatic N) is 2. The molecule has 0 aliphatic heterocycles. The Labute approximate surface area is 128 Å². The Morgan fingerprint density at radius 2 is 2.05 bits per heavy atom. The molecular formula is C16H17N3OS. The summed E-state index contributed by atoms with van der Waals surface area (Å²) in [6, 6.07) is 12.2. The predicted octanol–water partition coefficient (Wildman–Crippen LogP) is 3.94. The normalized spacial score (nSPS) is 10.7. The van der Waals surface area contributed by atoms with Crippen LogP contribution in [-0.2, 0) is 12.3 Å². The Bertz CT molecular complexity index is 691. The van der Waals surface area contributed by atoms with Crippen LogP contribution in [0.15, 0.2) is 59.5 Å². The molecule has 0 unspecified atom stereocenters. The minimum absolute atomic E-state index is 0.667. The summed E-state index contributed by atoms with van der Waals surface area (Å²) in [5.41, 5.74) is 2.13. The van der Waals surface area contributed by atoms with E-state index in [0.29, 0.717) is 6.54 Å². The van der Waals surface area contributed by atoms with E-state index in [1.807, 2.05) is 35.0 Å². The number of para-hydroxylation sites is 2. The molecule has 2 aromatic heterocycles. The van der Waals surface area contributed by atoms with Crippen LogP contribution >= 0.6 is 11.8 Å². The van der Waals surface area contributed by atoms with E-state index in [4.69, 9.17) is 4.42 Å². The first-order chi connectivity index (χ1) is 10.4. The Hall–Kier alpha value is -2.14. The zero-order valence-corrected chi connectivity index (χ0v) is 12.6. The van der Waals surface area contributed by atoms with E-state index in [-0.39, 0.29) is 0 Å². The molecule has 3 rings (SSSR count). The standard InChI is InChI=1S/C16H17N3OS/c1-21-11-14-7-6-13(20-14)10-18-15-4-2-3-5-16(15)19-9-8-17-12-19/h2-9,12,18H,10-11H2,1H3. The molecule has 0 amide bonds. The van der Waals surface area contributed by atoms with Crippen LogP contribution in [0.25, 0.3) is 5.69 Å². The zero-order valence-electron chi connectivity index (χ0n) is 11.8. The highest BCUT2D eigenvalue weighted by atomic mass is 32.2. The van der Waals surface area contributed by atoms with Crippen molar-refractivity contribution >= 4 is 17.4 Å². The number of hydrogen-bond donors (Lipinski definition) is 1. The van der Waals surface area contributed by atoms with Crippen LogP contribution in [0, 0.1) is 0 Å². The third-order valence-corrected chi connectivity index (χ3v) is 3.72. The van der Waals surface area contributed by atoms with Gasteiger partial charge in [-0.05, 0) is 30.5 Å². The van der Waals surface area contributed by atoms with Crippen molar-refractivity contribution in [1.29, 1.82) is 0 Å². The third-order valence-electron chi connectivity index (χ3n) is 3.14. The van der Waals surface area contributed by atoms with Crippen LogP contribution in [0.1, 0.15) is 11.5 Å². The highest BCUT2D eigenvalue weighted by molar-refractivity contribution is 7.97. The maximum atomic E-state index is 5.77. The summed E-state index contributed by atoms with van der Waals surface area (Å²) in [4.78, 5) is 4.10. The summed E-state index contributed by atoms with van der Waals surface area (Å²) in [5.74, 6) is 2.87. The molecule has 0 radical (unpaired) electrons. The zero-order chi connectivity index (χ0) is 14.5. The lowest BCUT2D eigenvalue weighted by Crippen LogP contribution is -2.02. The monoisotopic (exact) mass is 299 g/mol. The van der Waals surface area contributed by atoms with Crippen LogP contribution in [0.5, 0.6) is 0 Å². The van der Waals surface area contributed by atoms with Crippen LogP contribution in [0.2, 0.25) is 0 Å². The van der Waals surface area contributed by atoms with Gasteiger partial charge >= 0.3 is 0 Å². The van der Waals surface area contributed by atoms with E-state index in [0.717, 1.165) is 28.6 Å². The molecule has 1 N–H and O–H groups in total. The van der Waals surface area contributed by atoms with Crippen molar-refractivity contribution in [2.24, 2.45) is 0 Å². The van der Waals surface area contributed by atoms with Crippen LogP contribution in [0.4, 0.5) is 5.69 Å². The van der Waals surface area contributed by atoms with Crippen molar-refractivity contribution in [3.63, 3.8) is 0 Å². The van der Waals surface area contributed by atoms with Gasteiger partial charge in [-0.1, -0.05) is 12.1 Å². The fourth-order valence-electron chi connectivity index (χ4n) is 2.17. The summed E-state index contributed by atoms with van der Waals surface area (Å²) in [5, 5.41) is 3.42. The van der Waals surface area contributed by atoms with Crippen molar-refractivity contribution in [1.82, 2.24) is 9.55 Å². The average Bonchev–Trinajstić information content (AvgIpc) is 3.17. The van der Waals surface area contributed by atoms with Crippen LogP contribution < -0.4 is 5.32 Å². The predicted molar refractivity (Wildman–Crippen MR) is 86.8 cm³/mol. The minimum atomic E-state index is 0.667. The summed E-state index contributed by atoms with van der Waals surface area (Å²) >= 11 is 1.76. The number of nitrogens with one attached hydrogen (secondary N) is 1. The molecule has 21 heavy (non-hydrogen) atoms. The molecule has 0 spiro atoms. The van der Waals surface area contributed by atoms with Gasteiger partial charge in [-0.2, -0.15) is 11.8 Å². The molecule has 0 fully saturated rings. The molecule has 3 aromatic rings. The topological polar surface area (TPSA) is 43.0 Å². The SMILES string of the molecule is CSCc1ccc(CNc2ccccc2-n2ccnc2)o1. The number of thioether (sulfide) groups is 1. The van der Waals surface area contributed by atoms with E-state index in [1.165, 1.54) is 0 Å². The number of anilines is 1. The molecule has 0 saturated carbocycles. The molecule has 5 heteroatoms. The van der Waals surface area contributed by atoms with E-state index >= 15 is 0 Å². The van der Waals surface area contributed by atoms with Gasteiger partial charge in [0.2, 0.25) is 0 Å². The van der Waals surface area contributed by atoms with Gasteiger partial charge in [0.25, 0.3) is 0 Å². The van der Waals surface area contributed by atoms with Gasteiger partial charge in [0, 0.05) is 12.4 Å². The van der Waals surface area contributed by atoms with Gasteiger partial charge in [0.15, 0.2) is 0 Å². The maximum Gasteiger partial charge on any atom is 0.123 e. The fraction of sp³-hybridized carbons (Fsp3) is 0.188. The van der Waals surface area contributed by atoms with E-state index in [2.05, 4.69) is 28.7 Å². The Morgan fingerprint density at radius 1 is 1.19 bits per heavy atom. The first-order valence-electron chi connectivity index (χ1n) is 6.74. The highest BCUT2D eigenvalue weighted by Gasteiger charge is 2.05.